The Kier molecular flexibility index (Phi) is 4.53. The summed E-state index contributed by atoms with van der Waals surface area (Å²) in [6, 6.07) is 6.77. The van der Waals surface area contributed by atoms with Gasteiger partial charge < -0.3 is 14.7 Å². The summed E-state index contributed by atoms with van der Waals surface area (Å²) in [5.41, 5.74) is 5.73. The summed E-state index contributed by atoms with van der Waals surface area (Å²) < 4.78 is 7.41. The summed E-state index contributed by atoms with van der Waals surface area (Å²) in [6.07, 6.45) is 15.3. The van der Waals surface area contributed by atoms with Crippen LogP contribution in [0.5, 0.6) is 0 Å². The van der Waals surface area contributed by atoms with Gasteiger partial charge in [0.15, 0.2) is 0 Å². The van der Waals surface area contributed by atoms with Crippen molar-refractivity contribution in [3.05, 3.63) is 65.7 Å². The highest BCUT2D eigenvalue weighted by molar-refractivity contribution is 5.85. The van der Waals surface area contributed by atoms with Gasteiger partial charge in [0, 0.05) is 29.0 Å². The van der Waals surface area contributed by atoms with Gasteiger partial charge in [-0.3, -0.25) is 0 Å². The van der Waals surface area contributed by atoms with E-state index in [4.69, 9.17) is 4.74 Å². The van der Waals surface area contributed by atoms with Crippen LogP contribution in [0.3, 0.4) is 0 Å². The molecule has 36 heavy (non-hydrogen) atoms. The van der Waals surface area contributed by atoms with Gasteiger partial charge in [-0.1, -0.05) is 51.1 Å². The molecular weight excluding hydrogens is 446 g/mol. The first kappa shape index (κ1) is 22.8. The normalized spacial score (nSPS) is 40.3. The number of rotatable bonds is 2. The molecule has 188 valence electrons. The largest absolute Gasteiger partial charge is 0.391 e. The van der Waals surface area contributed by atoms with E-state index in [1.54, 1.807) is 6.33 Å². The summed E-state index contributed by atoms with van der Waals surface area (Å²) in [6.45, 7) is 7.27. The maximum atomic E-state index is 11.0. The minimum atomic E-state index is -0.340. The van der Waals surface area contributed by atoms with Gasteiger partial charge in [0.1, 0.15) is 6.33 Å². The molecule has 3 heterocycles. The zero-order valence-corrected chi connectivity index (χ0v) is 22.1. The third-order valence-electron chi connectivity index (χ3n) is 10.8. The maximum absolute atomic E-state index is 11.0. The fourth-order valence-corrected chi connectivity index (χ4v) is 8.62. The third kappa shape index (κ3) is 2.72. The second-order valence-electron chi connectivity index (χ2n) is 12.9. The van der Waals surface area contributed by atoms with Gasteiger partial charge in [0.05, 0.1) is 22.8 Å². The van der Waals surface area contributed by atoms with Gasteiger partial charge in [-0.25, -0.2) is 9.97 Å². The number of hydrogen-bond donors (Lipinski definition) is 1. The van der Waals surface area contributed by atoms with Crippen LogP contribution >= 0.6 is 0 Å². The van der Waals surface area contributed by atoms with E-state index in [0.29, 0.717) is 12.3 Å². The minimum absolute atomic E-state index is 0.0519. The molecule has 0 amide bonds. The van der Waals surface area contributed by atoms with Gasteiger partial charge in [-0.2, -0.15) is 0 Å². The van der Waals surface area contributed by atoms with Crippen molar-refractivity contribution in [1.29, 1.82) is 0 Å². The Bertz CT molecular complexity index is 1370. The first-order valence-corrected chi connectivity index (χ1v) is 13.5. The Morgan fingerprint density at radius 2 is 1.97 bits per heavy atom. The lowest BCUT2D eigenvalue weighted by Crippen LogP contribution is -2.59. The lowest BCUT2D eigenvalue weighted by atomic mass is 9.49. The highest BCUT2D eigenvalue weighted by atomic mass is 16.5. The quantitative estimate of drug-likeness (QED) is 0.627. The van der Waals surface area contributed by atoms with E-state index < -0.39 is 0 Å². The van der Waals surface area contributed by atoms with E-state index >= 15 is 0 Å². The lowest BCUT2D eigenvalue weighted by molar-refractivity contribution is -0.155. The minimum Gasteiger partial charge on any atom is -0.391 e. The van der Waals surface area contributed by atoms with Crippen molar-refractivity contribution in [1.82, 2.24) is 14.9 Å². The van der Waals surface area contributed by atoms with Crippen LogP contribution in [0, 0.1) is 16.7 Å². The number of likely N-dealkylation sites (N-methyl/N-ethyl adjacent to an activating group) is 1. The van der Waals surface area contributed by atoms with Crippen molar-refractivity contribution in [3.8, 4) is 0 Å². The first-order chi connectivity index (χ1) is 17.1. The second-order valence-corrected chi connectivity index (χ2v) is 12.9. The zero-order chi connectivity index (χ0) is 25.1. The predicted octanol–water partition coefficient (Wildman–Crippen LogP) is 5.32. The van der Waals surface area contributed by atoms with Crippen LogP contribution in [-0.4, -0.2) is 57.4 Å². The van der Waals surface area contributed by atoms with Crippen LogP contribution in [0.2, 0.25) is 0 Å². The van der Waals surface area contributed by atoms with Crippen LogP contribution in [0.25, 0.3) is 16.5 Å². The molecule has 0 radical (unpaired) electrons. The zero-order valence-electron chi connectivity index (χ0n) is 22.1. The van der Waals surface area contributed by atoms with Crippen LogP contribution in [0.4, 0.5) is 0 Å². The molecular formula is C31H37N3O2. The van der Waals surface area contributed by atoms with E-state index in [0.717, 1.165) is 36.6 Å². The van der Waals surface area contributed by atoms with E-state index in [-0.39, 0.29) is 34.2 Å². The summed E-state index contributed by atoms with van der Waals surface area (Å²) in [7, 11) is 4.17. The monoisotopic (exact) mass is 483 g/mol. The summed E-state index contributed by atoms with van der Waals surface area (Å²) in [4.78, 5) is 10.9. The molecule has 1 N–H and O–H groups in total. The number of aliphatic hydroxyl groups excluding tert-OH is 1. The topological polar surface area (TPSA) is 58.5 Å². The molecule has 3 aliphatic carbocycles. The highest BCUT2D eigenvalue weighted by Gasteiger charge is 2.69. The van der Waals surface area contributed by atoms with Gasteiger partial charge in [0.2, 0.25) is 0 Å². The van der Waals surface area contributed by atoms with Gasteiger partial charge in [-0.15, -0.1) is 0 Å². The second kappa shape index (κ2) is 7.15. The Labute approximate surface area is 214 Å². The molecule has 1 saturated heterocycles. The number of aromatic nitrogens is 2. The molecule has 1 aromatic heterocycles. The SMILES string of the molecule is CN(C)[C@H]1C[C@@]23CC[C@@]4(O2)C(=CC(C)(C)C2(C)C(c5ccc6cncnc6c5)=CCC24)C=C3CC1O. The molecule has 5 heteroatoms. The Balaban J connectivity index is 1.35. The number of aliphatic hydroxyl groups is 1. The van der Waals surface area contributed by atoms with Gasteiger partial charge in [0.25, 0.3) is 0 Å². The van der Waals surface area contributed by atoms with Crippen LogP contribution in [0.15, 0.2) is 60.1 Å². The van der Waals surface area contributed by atoms with E-state index in [2.05, 4.69) is 86.2 Å². The van der Waals surface area contributed by atoms with Crippen LogP contribution < -0.4 is 0 Å². The molecule has 5 nitrogen and oxygen atoms in total. The summed E-state index contributed by atoms with van der Waals surface area (Å²) in [5, 5.41) is 12.0. The van der Waals surface area contributed by atoms with Gasteiger partial charge in [-0.05, 0) is 80.0 Å². The molecule has 2 fully saturated rings. The predicted molar refractivity (Wildman–Crippen MR) is 142 cm³/mol. The first-order valence-electron chi connectivity index (χ1n) is 13.5. The third-order valence-corrected chi connectivity index (χ3v) is 10.8. The number of hydrogen-bond acceptors (Lipinski definition) is 5. The van der Waals surface area contributed by atoms with Crippen molar-refractivity contribution in [2.24, 2.45) is 16.7 Å². The van der Waals surface area contributed by atoms with Crippen molar-refractivity contribution < 1.29 is 9.84 Å². The molecule has 3 unspecified atom stereocenters. The summed E-state index contributed by atoms with van der Waals surface area (Å²) >= 11 is 0. The fourth-order valence-electron chi connectivity index (χ4n) is 8.62. The molecule has 2 aromatic rings. The average Bonchev–Trinajstić information content (AvgIpc) is 3.37. The standard InChI is InChI=1S/C31H37N3O2/c1-28(2)15-22-13-21-14-26(35)25(34(4)5)16-30(21)10-11-31(22,36-30)27-9-8-23(29(27,28)3)19-6-7-20-17-32-18-33-24(20)12-19/h6-8,12-13,15,17-18,25-27,35H,9-11,14,16H2,1-5H3/t25-,26?,27?,29?,30+,31+/m0/s1. The van der Waals surface area contributed by atoms with Crippen LogP contribution in [-0.2, 0) is 4.74 Å². The molecule has 2 spiro atoms. The number of nitrogens with zero attached hydrogens (tertiary/aromatic N) is 3. The van der Waals surface area contributed by atoms with Crippen molar-refractivity contribution >= 4 is 16.5 Å². The van der Waals surface area contributed by atoms with Crippen molar-refractivity contribution in [3.63, 3.8) is 0 Å². The smallest absolute Gasteiger partial charge is 0.116 e. The summed E-state index contributed by atoms with van der Waals surface area (Å²) in [5.74, 6) is 0.373. The number of fused-ring (bicyclic) bond motifs is 2. The van der Waals surface area contributed by atoms with Crippen molar-refractivity contribution in [2.75, 3.05) is 14.1 Å². The Morgan fingerprint density at radius 3 is 2.78 bits per heavy atom. The fraction of sp³-hybridized carbons (Fsp3) is 0.548. The highest BCUT2D eigenvalue weighted by Crippen LogP contribution is 2.71. The Morgan fingerprint density at radius 1 is 1.14 bits per heavy atom. The van der Waals surface area contributed by atoms with E-state index in [9.17, 15) is 5.11 Å². The molecule has 5 aliphatic rings. The number of allylic oxidation sites excluding steroid dienone is 3. The van der Waals surface area contributed by atoms with Crippen molar-refractivity contribution in [2.45, 2.75) is 76.2 Å². The number of benzene rings is 1. The maximum Gasteiger partial charge on any atom is 0.116 e. The lowest BCUT2D eigenvalue weighted by Gasteiger charge is -2.59. The van der Waals surface area contributed by atoms with Crippen LogP contribution in [0.1, 0.15) is 58.4 Å². The molecule has 1 saturated carbocycles. The Hall–Kier alpha value is -2.34. The molecule has 2 bridgehead atoms. The van der Waals surface area contributed by atoms with E-state index in [1.165, 1.54) is 22.3 Å². The van der Waals surface area contributed by atoms with E-state index in [1.807, 2.05) is 6.20 Å². The molecule has 2 aliphatic heterocycles. The van der Waals surface area contributed by atoms with Gasteiger partial charge >= 0.3 is 0 Å². The number of ether oxygens (including phenoxy) is 1. The molecule has 6 atom stereocenters. The average molecular weight is 484 g/mol. The molecule has 1 aromatic carbocycles. The molecule has 7 rings (SSSR count).